The fourth-order valence-corrected chi connectivity index (χ4v) is 2.22. The summed E-state index contributed by atoms with van der Waals surface area (Å²) in [5.41, 5.74) is 1.52. The lowest BCUT2D eigenvalue weighted by molar-refractivity contribution is 0.258. The second kappa shape index (κ2) is 4.61. The van der Waals surface area contributed by atoms with Crippen LogP contribution in [0.5, 0.6) is 0 Å². The highest BCUT2D eigenvalue weighted by molar-refractivity contribution is 5.20. The molecule has 1 aromatic carbocycles. The van der Waals surface area contributed by atoms with Crippen molar-refractivity contribution in [3.63, 3.8) is 0 Å². The van der Waals surface area contributed by atoms with Crippen LogP contribution in [0, 0.1) is 6.54 Å². The summed E-state index contributed by atoms with van der Waals surface area (Å²) in [6, 6.07) is 10.9. The van der Waals surface area contributed by atoms with Crippen LogP contribution in [0.1, 0.15) is 31.2 Å². The van der Waals surface area contributed by atoms with Crippen molar-refractivity contribution in [2.24, 2.45) is 0 Å². The lowest BCUT2D eigenvalue weighted by atomic mass is 9.89. The topological polar surface area (TPSA) is 3.24 Å². The van der Waals surface area contributed by atoms with Crippen LogP contribution in [0.3, 0.4) is 0 Å². The molecule has 14 heavy (non-hydrogen) atoms. The van der Waals surface area contributed by atoms with Gasteiger partial charge in [-0.3, -0.25) is 4.90 Å². The first kappa shape index (κ1) is 9.72. The van der Waals surface area contributed by atoms with Crippen molar-refractivity contribution in [1.29, 1.82) is 0 Å². The minimum Gasteiger partial charge on any atom is -0.299 e. The normalized spacial score (nSPS) is 19.8. The van der Waals surface area contributed by atoms with E-state index < -0.39 is 0 Å². The number of hydrogen-bond acceptors (Lipinski definition) is 1. The quantitative estimate of drug-likeness (QED) is 0.689. The summed E-state index contributed by atoms with van der Waals surface area (Å²) in [5, 5.41) is 0. The molecule has 1 heterocycles. The number of rotatable bonds is 2. The Morgan fingerprint density at radius 3 is 2.36 bits per heavy atom. The van der Waals surface area contributed by atoms with Crippen molar-refractivity contribution in [1.82, 2.24) is 4.90 Å². The summed E-state index contributed by atoms with van der Waals surface area (Å²) in [7, 11) is 0. The lowest BCUT2D eigenvalue weighted by Crippen LogP contribution is -2.30. The maximum absolute atomic E-state index is 2.42. The third-order valence-electron chi connectivity index (χ3n) is 3.17. The van der Waals surface area contributed by atoms with E-state index in [1.165, 1.54) is 31.5 Å². The number of hydrogen-bond donors (Lipinski definition) is 0. The van der Waals surface area contributed by atoms with Crippen molar-refractivity contribution in [2.45, 2.75) is 25.7 Å². The standard InChI is InChI=1S/C13H18N/c1-2-14-10-8-13(9-11-14)12-6-4-3-5-7-12/h2-7,13H,8-11H2,1H3. The van der Waals surface area contributed by atoms with Crippen molar-refractivity contribution in [3.8, 4) is 0 Å². The molecule has 1 aliphatic rings. The predicted octanol–water partition coefficient (Wildman–Crippen LogP) is 3.05. The van der Waals surface area contributed by atoms with Gasteiger partial charge in [0.15, 0.2) is 0 Å². The number of benzene rings is 1. The minimum atomic E-state index is 0.785. The zero-order valence-electron chi connectivity index (χ0n) is 8.82. The van der Waals surface area contributed by atoms with Gasteiger partial charge in [-0.1, -0.05) is 30.3 Å². The van der Waals surface area contributed by atoms with Crippen LogP contribution in [0.25, 0.3) is 0 Å². The lowest BCUT2D eigenvalue weighted by Gasteiger charge is -2.30. The maximum atomic E-state index is 2.42. The fourth-order valence-electron chi connectivity index (χ4n) is 2.22. The van der Waals surface area contributed by atoms with Crippen molar-refractivity contribution < 1.29 is 0 Å². The first-order chi connectivity index (χ1) is 6.90. The van der Waals surface area contributed by atoms with Crippen LogP contribution in [0.15, 0.2) is 30.3 Å². The highest BCUT2D eigenvalue weighted by atomic mass is 15.1. The number of nitrogens with zero attached hydrogens (tertiary/aromatic N) is 1. The Bertz CT molecular complexity index is 260. The van der Waals surface area contributed by atoms with Crippen LogP contribution < -0.4 is 0 Å². The van der Waals surface area contributed by atoms with E-state index in [1.807, 2.05) is 0 Å². The Hall–Kier alpha value is -0.820. The Morgan fingerprint density at radius 2 is 1.79 bits per heavy atom. The Kier molecular flexibility index (Phi) is 3.20. The van der Waals surface area contributed by atoms with E-state index in [2.05, 4.69) is 48.7 Å². The Morgan fingerprint density at radius 1 is 1.14 bits per heavy atom. The average Bonchev–Trinajstić information content (AvgIpc) is 2.30. The van der Waals surface area contributed by atoms with Gasteiger partial charge in [-0.05, 0) is 44.3 Å². The van der Waals surface area contributed by atoms with E-state index >= 15 is 0 Å². The molecule has 0 atom stereocenters. The smallest absolute Gasteiger partial charge is 0.0220 e. The molecule has 0 unspecified atom stereocenters. The predicted molar refractivity (Wildman–Crippen MR) is 60.0 cm³/mol. The van der Waals surface area contributed by atoms with Gasteiger partial charge in [0.25, 0.3) is 0 Å². The molecule has 1 heteroatoms. The maximum Gasteiger partial charge on any atom is 0.0220 e. The molecule has 0 aliphatic carbocycles. The number of likely N-dealkylation sites (tertiary alicyclic amines) is 1. The molecule has 0 N–H and O–H groups in total. The van der Waals surface area contributed by atoms with E-state index in [4.69, 9.17) is 0 Å². The first-order valence-electron chi connectivity index (χ1n) is 5.48. The molecular formula is C13H18N. The summed E-state index contributed by atoms with van der Waals surface area (Å²) in [5.74, 6) is 0.785. The highest BCUT2D eigenvalue weighted by Crippen LogP contribution is 2.27. The van der Waals surface area contributed by atoms with E-state index in [1.54, 1.807) is 0 Å². The Balaban J connectivity index is 1.96. The van der Waals surface area contributed by atoms with Crippen LogP contribution in [0.4, 0.5) is 0 Å². The molecule has 0 aromatic heterocycles. The third kappa shape index (κ3) is 2.16. The van der Waals surface area contributed by atoms with Gasteiger partial charge in [0.2, 0.25) is 0 Å². The molecule has 1 aliphatic heterocycles. The molecule has 0 saturated carbocycles. The molecule has 75 valence electrons. The average molecular weight is 188 g/mol. The van der Waals surface area contributed by atoms with Gasteiger partial charge in [-0.2, -0.15) is 0 Å². The van der Waals surface area contributed by atoms with E-state index in [0.29, 0.717) is 0 Å². The summed E-state index contributed by atoms with van der Waals surface area (Å²) < 4.78 is 0. The van der Waals surface area contributed by atoms with Gasteiger partial charge in [0.05, 0.1) is 0 Å². The van der Waals surface area contributed by atoms with Crippen molar-refractivity contribution >= 4 is 0 Å². The van der Waals surface area contributed by atoms with Crippen molar-refractivity contribution in [2.75, 3.05) is 13.1 Å². The molecule has 1 radical (unpaired) electrons. The number of piperidine rings is 1. The van der Waals surface area contributed by atoms with Crippen LogP contribution in [0.2, 0.25) is 0 Å². The molecule has 1 saturated heterocycles. The molecular weight excluding hydrogens is 170 g/mol. The van der Waals surface area contributed by atoms with Crippen LogP contribution in [-0.4, -0.2) is 18.0 Å². The summed E-state index contributed by atoms with van der Waals surface area (Å²) >= 11 is 0. The SMILES string of the molecule is C[CH]N1CCC(c2ccccc2)CC1. The van der Waals surface area contributed by atoms with Gasteiger partial charge in [0, 0.05) is 6.54 Å². The zero-order valence-corrected chi connectivity index (χ0v) is 8.82. The van der Waals surface area contributed by atoms with E-state index in [0.717, 1.165) is 5.92 Å². The van der Waals surface area contributed by atoms with E-state index in [9.17, 15) is 0 Å². The summed E-state index contributed by atoms with van der Waals surface area (Å²) in [4.78, 5) is 2.42. The molecule has 1 nitrogen and oxygen atoms in total. The second-order valence-electron chi connectivity index (χ2n) is 3.98. The van der Waals surface area contributed by atoms with Gasteiger partial charge < -0.3 is 0 Å². The monoisotopic (exact) mass is 188 g/mol. The molecule has 1 fully saturated rings. The summed E-state index contributed by atoms with van der Waals surface area (Å²) in [6.07, 6.45) is 2.60. The molecule has 1 aromatic rings. The minimum absolute atomic E-state index is 0.785. The molecule has 2 rings (SSSR count). The van der Waals surface area contributed by atoms with Gasteiger partial charge in [-0.25, -0.2) is 0 Å². The third-order valence-corrected chi connectivity index (χ3v) is 3.17. The zero-order chi connectivity index (χ0) is 9.80. The van der Waals surface area contributed by atoms with Gasteiger partial charge in [-0.15, -0.1) is 0 Å². The first-order valence-corrected chi connectivity index (χ1v) is 5.48. The molecule has 0 amide bonds. The molecule has 0 bridgehead atoms. The Labute approximate surface area is 86.7 Å². The van der Waals surface area contributed by atoms with Crippen LogP contribution in [-0.2, 0) is 0 Å². The molecule has 0 spiro atoms. The largest absolute Gasteiger partial charge is 0.299 e. The second-order valence-corrected chi connectivity index (χ2v) is 3.98. The van der Waals surface area contributed by atoms with Gasteiger partial charge in [0.1, 0.15) is 0 Å². The highest BCUT2D eigenvalue weighted by Gasteiger charge is 2.18. The van der Waals surface area contributed by atoms with Crippen molar-refractivity contribution in [3.05, 3.63) is 42.4 Å². The van der Waals surface area contributed by atoms with Crippen LogP contribution >= 0.6 is 0 Å². The van der Waals surface area contributed by atoms with E-state index in [-0.39, 0.29) is 0 Å². The fraction of sp³-hybridized carbons (Fsp3) is 0.462. The van der Waals surface area contributed by atoms with Gasteiger partial charge >= 0.3 is 0 Å². The summed E-state index contributed by atoms with van der Waals surface area (Å²) in [6.45, 7) is 6.77.